The topological polar surface area (TPSA) is 35.6 Å². The maximum Gasteiger partial charge on any atom is 0.253 e. The van der Waals surface area contributed by atoms with Crippen LogP contribution in [-0.4, -0.2) is 55.5 Å². The minimum absolute atomic E-state index is 0.0120. The molecule has 2 aliphatic rings. The number of anilines is 1. The van der Waals surface area contributed by atoms with Crippen LogP contribution in [0, 0.1) is 5.82 Å². The third-order valence-electron chi connectivity index (χ3n) is 8.14. The highest BCUT2D eigenvalue weighted by atomic mass is 35.5. The Morgan fingerprint density at radius 1 is 1.00 bits per heavy atom. The van der Waals surface area contributed by atoms with Gasteiger partial charge in [-0.2, -0.15) is 0 Å². The first-order chi connectivity index (χ1) is 18.6. The van der Waals surface area contributed by atoms with E-state index in [2.05, 4.69) is 10.2 Å². The number of nitrogens with one attached hydrogen (secondary N) is 1. The van der Waals surface area contributed by atoms with Gasteiger partial charge in [-0.15, -0.1) is 0 Å². The summed E-state index contributed by atoms with van der Waals surface area (Å²) in [5.74, 6) is -0.284. The highest BCUT2D eigenvalue weighted by molar-refractivity contribution is 6.42. The van der Waals surface area contributed by atoms with Gasteiger partial charge in [0.15, 0.2) is 0 Å². The molecule has 5 rings (SSSR count). The Balaban J connectivity index is 1.27. The van der Waals surface area contributed by atoms with Gasteiger partial charge in [0.05, 0.1) is 10.0 Å². The molecule has 1 amide bonds. The zero-order valence-electron chi connectivity index (χ0n) is 21.6. The molecule has 1 fully saturated rings. The Labute approximate surface area is 249 Å². The molecule has 3 aromatic carbocycles. The van der Waals surface area contributed by atoms with Crippen LogP contribution < -0.4 is 5.32 Å². The van der Waals surface area contributed by atoms with Crippen LogP contribution in [-0.2, 0) is 5.41 Å². The van der Waals surface area contributed by atoms with Gasteiger partial charge in [0.1, 0.15) is 5.82 Å². The van der Waals surface area contributed by atoms with Gasteiger partial charge in [0, 0.05) is 52.8 Å². The van der Waals surface area contributed by atoms with E-state index in [0.29, 0.717) is 32.2 Å². The Morgan fingerprint density at radius 3 is 2.41 bits per heavy atom. The zero-order chi connectivity index (χ0) is 27.7. The largest absolute Gasteiger partial charge is 0.384 e. The number of halogens is 5. The summed E-state index contributed by atoms with van der Waals surface area (Å²) >= 11 is 24.8. The molecule has 1 spiro atoms. The number of likely N-dealkylation sites (N-methyl/N-ethyl adjacent to an activating group) is 1. The van der Waals surface area contributed by atoms with Crippen molar-refractivity contribution in [2.45, 2.75) is 30.6 Å². The molecule has 0 aliphatic carbocycles. The number of piperidine rings is 1. The first-order valence-electron chi connectivity index (χ1n) is 13.1. The Morgan fingerprint density at radius 2 is 1.72 bits per heavy atom. The van der Waals surface area contributed by atoms with Crippen LogP contribution >= 0.6 is 46.4 Å². The number of likely N-dealkylation sites (tertiary alicyclic amines) is 1. The lowest BCUT2D eigenvalue weighted by atomic mass is 9.74. The number of carbonyl (C=O) groups is 1. The van der Waals surface area contributed by atoms with E-state index in [4.69, 9.17) is 46.4 Å². The van der Waals surface area contributed by atoms with Crippen molar-refractivity contribution >= 4 is 58.0 Å². The van der Waals surface area contributed by atoms with Crippen molar-refractivity contribution in [2.75, 3.05) is 45.1 Å². The Bertz CT molecular complexity index is 1360. The first-order valence-corrected chi connectivity index (χ1v) is 14.6. The minimum atomic E-state index is -0.178. The van der Waals surface area contributed by atoms with Crippen LogP contribution in [0.15, 0.2) is 54.6 Å². The van der Waals surface area contributed by atoms with Gasteiger partial charge in [-0.3, -0.25) is 4.79 Å². The van der Waals surface area contributed by atoms with E-state index in [9.17, 15) is 9.18 Å². The van der Waals surface area contributed by atoms with Gasteiger partial charge in [0.2, 0.25) is 0 Å². The number of carbonyl (C=O) groups excluding carboxylic acids is 1. The number of nitrogens with zero attached hydrogens (tertiary/aromatic N) is 2. The SMILES string of the molecule is CN(CC(CCN1CCC2(CC1)CNc1ccc(F)cc12)c1ccc(Cl)c(Cl)c1)C(=O)c1cc(Cl)cc(Cl)c1. The van der Waals surface area contributed by atoms with E-state index >= 15 is 0 Å². The number of rotatable bonds is 7. The summed E-state index contributed by atoms with van der Waals surface area (Å²) < 4.78 is 14.0. The van der Waals surface area contributed by atoms with Crippen molar-refractivity contribution < 1.29 is 9.18 Å². The van der Waals surface area contributed by atoms with Crippen molar-refractivity contribution in [1.29, 1.82) is 0 Å². The highest BCUT2D eigenvalue weighted by Crippen LogP contribution is 2.44. The normalized spacial score (nSPS) is 17.1. The molecule has 39 heavy (non-hydrogen) atoms. The van der Waals surface area contributed by atoms with E-state index in [-0.39, 0.29) is 23.1 Å². The predicted molar refractivity (Wildman–Crippen MR) is 159 cm³/mol. The number of fused-ring (bicyclic) bond motifs is 2. The van der Waals surface area contributed by atoms with Gasteiger partial charge in [-0.25, -0.2) is 4.39 Å². The van der Waals surface area contributed by atoms with E-state index in [0.717, 1.165) is 62.3 Å². The number of hydrogen-bond donors (Lipinski definition) is 1. The summed E-state index contributed by atoms with van der Waals surface area (Å²) in [7, 11) is 1.79. The summed E-state index contributed by atoms with van der Waals surface area (Å²) in [6.45, 7) is 4.08. The first kappa shape index (κ1) is 28.5. The zero-order valence-corrected chi connectivity index (χ0v) is 24.6. The summed E-state index contributed by atoms with van der Waals surface area (Å²) in [5, 5.41) is 5.31. The second-order valence-corrected chi connectivity index (χ2v) is 12.4. The summed E-state index contributed by atoms with van der Waals surface area (Å²) in [6.07, 6.45) is 2.78. The summed E-state index contributed by atoms with van der Waals surface area (Å²) in [5.41, 5.74) is 3.63. The molecule has 0 saturated carbocycles. The van der Waals surface area contributed by atoms with Gasteiger partial charge >= 0.3 is 0 Å². The molecule has 1 unspecified atom stereocenters. The third kappa shape index (κ3) is 6.34. The van der Waals surface area contributed by atoms with E-state index < -0.39 is 0 Å². The molecular formula is C30H30Cl4FN3O. The summed E-state index contributed by atoms with van der Waals surface area (Å²) in [6, 6.07) is 15.6. The van der Waals surface area contributed by atoms with Crippen molar-refractivity contribution in [2.24, 2.45) is 0 Å². The van der Waals surface area contributed by atoms with Gasteiger partial charge < -0.3 is 15.1 Å². The highest BCUT2D eigenvalue weighted by Gasteiger charge is 2.41. The standard InChI is InChI=1S/C30H30Cl4FN3O/c1-37(29(39)21-12-22(31)15-23(32)13-21)17-20(19-2-4-26(33)27(34)14-19)6-9-38-10-7-30(8-11-38)18-36-28-5-3-24(35)16-25(28)30/h2-5,12-16,20,36H,6-11,17-18H2,1H3. The van der Waals surface area contributed by atoms with Crippen molar-refractivity contribution in [3.63, 3.8) is 0 Å². The molecule has 3 aromatic rings. The van der Waals surface area contributed by atoms with Gasteiger partial charge in [-0.05, 0) is 98.6 Å². The lowest BCUT2D eigenvalue weighted by Gasteiger charge is -2.40. The molecule has 206 valence electrons. The molecule has 2 aliphatic heterocycles. The quantitative estimate of drug-likeness (QED) is 0.294. The second kappa shape index (κ2) is 11.8. The van der Waals surface area contributed by atoms with Crippen LogP contribution in [0.25, 0.3) is 0 Å². The molecule has 0 radical (unpaired) electrons. The maximum absolute atomic E-state index is 14.0. The predicted octanol–water partition coefficient (Wildman–Crippen LogP) is 8.14. The molecule has 9 heteroatoms. The van der Waals surface area contributed by atoms with Crippen LogP contribution in [0.1, 0.15) is 46.7 Å². The number of amides is 1. The smallest absolute Gasteiger partial charge is 0.253 e. The molecule has 4 nitrogen and oxygen atoms in total. The average molecular weight is 609 g/mol. The molecule has 1 N–H and O–H groups in total. The third-order valence-corrected chi connectivity index (χ3v) is 9.32. The van der Waals surface area contributed by atoms with Gasteiger partial charge in [0.25, 0.3) is 5.91 Å². The summed E-state index contributed by atoms with van der Waals surface area (Å²) in [4.78, 5) is 17.4. The van der Waals surface area contributed by atoms with E-state index in [1.807, 2.05) is 18.2 Å². The van der Waals surface area contributed by atoms with Gasteiger partial charge in [-0.1, -0.05) is 52.5 Å². The lowest BCUT2D eigenvalue weighted by molar-refractivity contribution is 0.0780. The minimum Gasteiger partial charge on any atom is -0.384 e. The van der Waals surface area contributed by atoms with E-state index in [1.54, 1.807) is 42.3 Å². The van der Waals surface area contributed by atoms with Crippen molar-refractivity contribution in [1.82, 2.24) is 9.80 Å². The Kier molecular flexibility index (Phi) is 8.65. The van der Waals surface area contributed by atoms with Crippen LogP contribution in [0.5, 0.6) is 0 Å². The van der Waals surface area contributed by atoms with Crippen LogP contribution in [0.4, 0.5) is 10.1 Å². The molecule has 0 aromatic heterocycles. The number of benzene rings is 3. The number of hydrogen-bond acceptors (Lipinski definition) is 3. The van der Waals surface area contributed by atoms with Crippen LogP contribution in [0.3, 0.4) is 0 Å². The second-order valence-electron chi connectivity index (χ2n) is 10.7. The Hall–Kier alpha value is -2.02. The van der Waals surface area contributed by atoms with E-state index in [1.165, 1.54) is 6.07 Å². The average Bonchev–Trinajstić information content (AvgIpc) is 3.25. The fraction of sp³-hybridized carbons (Fsp3) is 0.367. The molecular weight excluding hydrogens is 579 g/mol. The molecule has 0 bridgehead atoms. The maximum atomic E-state index is 14.0. The van der Waals surface area contributed by atoms with Crippen LogP contribution in [0.2, 0.25) is 20.1 Å². The molecule has 1 atom stereocenters. The lowest BCUT2D eigenvalue weighted by Crippen LogP contribution is -2.44. The molecule has 2 heterocycles. The van der Waals surface area contributed by atoms with Crippen molar-refractivity contribution in [3.8, 4) is 0 Å². The van der Waals surface area contributed by atoms with Crippen molar-refractivity contribution in [3.05, 3.63) is 97.2 Å². The monoisotopic (exact) mass is 607 g/mol. The fourth-order valence-corrected chi connectivity index (χ4v) is 6.73. The molecule has 1 saturated heterocycles. The fourth-order valence-electron chi connectivity index (χ4n) is 5.90.